The molecule has 1 fully saturated rings. The number of fused-ring (bicyclic) bond motifs is 1. The number of morpholine rings is 1. The average molecular weight is 325 g/mol. The molecule has 1 unspecified atom stereocenters. The van der Waals surface area contributed by atoms with Gasteiger partial charge in [-0.25, -0.2) is 9.37 Å². The molecule has 1 aliphatic rings. The first-order valence-corrected chi connectivity index (χ1v) is 8.28. The summed E-state index contributed by atoms with van der Waals surface area (Å²) in [6.45, 7) is 3.18. The van der Waals surface area contributed by atoms with Crippen LogP contribution in [0.3, 0.4) is 0 Å². The fraction of sp³-hybridized carbons (Fsp3) is 0.316. The van der Waals surface area contributed by atoms with Crippen molar-refractivity contribution in [3.63, 3.8) is 0 Å². The van der Waals surface area contributed by atoms with Crippen molar-refractivity contribution < 1.29 is 9.13 Å². The Hall–Kier alpha value is -2.24. The van der Waals surface area contributed by atoms with Gasteiger partial charge in [-0.3, -0.25) is 4.90 Å². The molecule has 0 saturated carbocycles. The number of ether oxygens (including phenoxy) is 1. The minimum Gasteiger partial charge on any atom is -0.375 e. The summed E-state index contributed by atoms with van der Waals surface area (Å²) in [6.07, 6.45) is 0.818. The lowest BCUT2D eigenvalue weighted by atomic mass is 10.1. The molecule has 1 atom stereocenters. The van der Waals surface area contributed by atoms with Crippen LogP contribution in [0.15, 0.2) is 48.5 Å². The number of hydrogen-bond acceptors (Lipinski definition) is 3. The number of nitrogens with one attached hydrogen (secondary N) is 1. The van der Waals surface area contributed by atoms with E-state index in [0.717, 1.165) is 48.5 Å². The van der Waals surface area contributed by atoms with E-state index in [9.17, 15) is 4.39 Å². The van der Waals surface area contributed by atoms with E-state index in [2.05, 4.69) is 14.9 Å². The maximum atomic E-state index is 13.3. The van der Waals surface area contributed by atoms with Crippen molar-refractivity contribution in [1.82, 2.24) is 14.9 Å². The Labute approximate surface area is 140 Å². The molecular weight excluding hydrogens is 305 g/mol. The largest absolute Gasteiger partial charge is 0.375 e. The zero-order valence-corrected chi connectivity index (χ0v) is 13.4. The molecule has 1 N–H and O–H groups in total. The number of imidazole rings is 1. The first-order valence-electron chi connectivity index (χ1n) is 8.28. The quantitative estimate of drug-likeness (QED) is 0.801. The number of para-hydroxylation sites is 2. The summed E-state index contributed by atoms with van der Waals surface area (Å²) in [5, 5.41) is 0. The summed E-state index contributed by atoms with van der Waals surface area (Å²) in [7, 11) is 0. The van der Waals surface area contributed by atoms with Gasteiger partial charge < -0.3 is 9.72 Å². The number of rotatable bonds is 4. The zero-order chi connectivity index (χ0) is 16.4. The molecular formula is C19H20FN3O. The first kappa shape index (κ1) is 15.3. The van der Waals surface area contributed by atoms with Gasteiger partial charge in [0.2, 0.25) is 0 Å². The standard InChI is InChI=1S/C19H20FN3O/c20-15-5-3-4-14(10-15)11-16-12-23(8-9-24-16)13-19-21-17-6-1-2-7-18(17)22-19/h1-7,10,16H,8-9,11-13H2,(H,21,22). The molecule has 0 spiro atoms. The molecule has 124 valence electrons. The molecule has 0 amide bonds. The Bertz CT molecular complexity index is 799. The maximum Gasteiger partial charge on any atom is 0.123 e. The Balaban J connectivity index is 1.41. The molecule has 0 aliphatic carbocycles. The Morgan fingerprint density at radius 1 is 1.21 bits per heavy atom. The molecule has 2 heterocycles. The van der Waals surface area contributed by atoms with E-state index < -0.39 is 0 Å². The predicted molar refractivity (Wildman–Crippen MR) is 91.2 cm³/mol. The van der Waals surface area contributed by atoms with Crippen LogP contribution >= 0.6 is 0 Å². The Morgan fingerprint density at radius 3 is 3.00 bits per heavy atom. The fourth-order valence-electron chi connectivity index (χ4n) is 3.27. The molecule has 3 aromatic rings. The lowest BCUT2D eigenvalue weighted by Crippen LogP contribution is -2.43. The van der Waals surface area contributed by atoms with Gasteiger partial charge in [-0.2, -0.15) is 0 Å². The highest BCUT2D eigenvalue weighted by molar-refractivity contribution is 5.74. The summed E-state index contributed by atoms with van der Waals surface area (Å²) >= 11 is 0. The molecule has 0 radical (unpaired) electrons. The van der Waals surface area contributed by atoms with E-state index in [0.29, 0.717) is 6.61 Å². The molecule has 1 saturated heterocycles. The van der Waals surface area contributed by atoms with Crippen LogP contribution in [0.25, 0.3) is 11.0 Å². The van der Waals surface area contributed by atoms with Crippen molar-refractivity contribution in [3.05, 3.63) is 65.7 Å². The third-order valence-electron chi connectivity index (χ3n) is 4.39. The van der Waals surface area contributed by atoms with Crippen LogP contribution in [0.5, 0.6) is 0 Å². The summed E-state index contributed by atoms with van der Waals surface area (Å²) in [5.41, 5.74) is 3.04. The summed E-state index contributed by atoms with van der Waals surface area (Å²) in [5.74, 6) is 0.782. The van der Waals surface area contributed by atoms with Crippen LogP contribution in [-0.2, 0) is 17.7 Å². The van der Waals surface area contributed by atoms with Crippen LogP contribution in [0.1, 0.15) is 11.4 Å². The number of aromatic nitrogens is 2. The smallest absolute Gasteiger partial charge is 0.123 e. The van der Waals surface area contributed by atoms with Gasteiger partial charge >= 0.3 is 0 Å². The number of halogens is 1. The molecule has 1 aliphatic heterocycles. The van der Waals surface area contributed by atoms with E-state index in [-0.39, 0.29) is 11.9 Å². The van der Waals surface area contributed by atoms with E-state index in [1.165, 1.54) is 6.07 Å². The van der Waals surface area contributed by atoms with Crippen LogP contribution in [0.4, 0.5) is 4.39 Å². The normalized spacial score (nSPS) is 19.0. The highest BCUT2D eigenvalue weighted by Crippen LogP contribution is 2.16. The van der Waals surface area contributed by atoms with Crippen LogP contribution in [0, 0.1) is 5.82 Å². The number of nitrogens with zero attached hydrogens (tertiary/aromatic N) is 2. The van der Waals surface area contributed by atoms with Gasteiger partial charge in [-0.05, 0) is 36.2 Å². The number of hydrogen-bond donors (Lipinski definition) is 1. The highest BCUT2D eigenvalue weighted by atomic mass is 19.1. The molecule has 4 rings (SSSR count). The second kappa shape index (κ2) is 6.71. The average Bonchev–Trinajstić information content (AvgIpc) is 2.97. The Kier molecular flexibility index (Phi) is 4.28. The predicted octanol–water partition coefficient (Wildman–Crippen LogP) is 3.15. The van der Waals surface area contributed by atoms with Crippen LogP contribution in [0.2, 0.25) is 0 Å². The van der Waals surface area contributed by atoms with E-state index in [4.69, 9.17) is 4.74 Å². The topological polar surface area (TPSA) is 41.2 Å². The minimum atomic E-state index is -0.192. The van der Waals surface area contributed by atoms with Gasteiger partial charge in [0.1, 0.15) is 11.6 Å². The SMILES string of the molecule is Fc1cccc(CC2CN(Cc3nc4ccccc4[nH]3)CCO2)c1. The molecule has 5 heteroatoms. The molecule has 24 heavy (non-hydrogen) atoms. The third-order valence-corrected chi connectivity index (χ3v) is 4.39. The summed E-state index contributed by atoms with van der Waals surface area (Å²) in [4.78, 5) is 10.3. The molecule has 1 aromatic heterocycles. The maximum absolute atomic E-state index is 13.3. The summed E-state index contributed by atoms with van der Waals surface area (Å²) in [6, 6.07) is 14.8. The lowest BCUT2D eigenvalue weighted by molar-refractivity contribution is -0.0311. The van der Waals surface area contributed by atoms with Crippen molar-refractivity contribution in [2.45, 2.75) is 19.1 Å². The van der Waals surface area contributed by atoms with E-state index in [1.54, 1.807) is 12.1 Å². The van der Waals surface area contributed by atoms with E-state index in [1.807, 2.05) is 30.3 Å². The van der Waals surface area contributed by atoms with Gasteiger partial charge in [0.25, 0.3) is 0 Å². The van der Waals surface area contributed by atoms with E-state index >= 15 is 0 Å². The van der Waals surface area contributed by atoms with Crippen molar-refractivity contribution >= 4 is 11.0 Å². The number of H-pyrrole nitrogens is 1. The fourth-order valence-corrected chi connectivity index (χ4v) is 3.27. The van der Waals surface area contributed by atoms with Crippen molar-refractivity contribution in [1.29, 1.82) is 0 Å². The van der Waals surface area contributed by atoms with Crippen LogP contribution < -0.4 is 0 Å². The van der Waals surface area contributed by atoms with Crippen LogP contribution in [-0.4, -0.2) is 40.7 Å². The second-order valence-corrected chi connectivity index (χ2v) is 6.26. The van der Waals surface area contributed by atoms with Crippen molar-refractivity contribution in [2.75, 3.05) is 19.7 Å². The zero-order valence-electron chi connectivity index (χ0n) is 13.4. The van der Waals surface area contributed by atoms with Gasteiger partial charge in [-0.1, -0.05) is 24.3 Å². The van der Waals surface area contributed by atoms with Gasteiger partial charge in [-0.15, -0.1) is 0 Å². The van der Waals surface area contributed by atoms with Gasteiger partial charge in [0, 0.05) is 13.1 Å². The molecule has 4 nitrogen and oxygen atoms in total. The number of benzene rings is 2. The number of aromatic amines is 1. The van der Waals surface area contributed by atoms with Crippen molar-refractivity contribution in [2.24, 2.45) is 0 Å². The second-order valence-electron chi connectivity index (χ2n) is 6.26. The van der Waals surface area contributed by atoms with Crippen molar-refractivity contribution in [3.8, 4) is 0 Å². The Morgan fingerprint density at radius 2 is 2.12 bits per heavy atom. The lowest BCUT2D eigenvalue weighted by Gasteiger charge is -2.32. The van der Waals surface area contributed by atoms with Gasteiger partial charge in [0.05, 0.1) is 30.3 Å². The summed E-state index contributed by atoms with van der Waals surface area (Å²) < 4.78 is 19.2. The minimum absolute atomic E-state index is 0.0879. The van der Waals surface area contributed by atoms with Gasteiger partial charge in [0.15, 0.2) is 0 Å². The highest BCUT2D eigenvalue weighted by Gasteiger charge is 2.21. The third kappa shape index (κ3) is 3.47. The monoisotopic (exact) mass is 325 g/mol. The molecule has 2 aromatic carbocycles. The molecule has 0 bridgehead atoms. The first-order chi connectivity index (χ1) is 11.8.